The van der Waals surface area contributed by atoms with Crippen LogP contribution < -0.4 is 35.3 Å². The molecule has 2 aliphatic rings. The summed E-state index contributed by atoms with van der Waals surface area (Å²) in [5.41, 5.74) is 10.8. The molecular formula is C70H48BN5O2Pt-2. The average Bonchev–Trinajstić information content (AvgIpc) is 1.66. The molecule has 0 N–H and O–H groups in total. The number of fused-ring (bicyclic) bond motifs is 8. The molecule has 10 aromatic carbocycles. The topological polar surface area (TPSA) is 48.3 Å². The summed E-state index contributed by atoms with van der Waals surface area (Å²) in [6, 6.07) is 57.1. The van der Waals surface area contributed by atoms with Gasteiger partial charge in [0, 0.05) is 61.3 Å². The van der Waals surface area contributed by atoms with Gasteiger partial charge in [0.1, 0.15) is 17.3 Å². The Morgan fingerprint density at radius 3 is 2.09 bits per heavy atom. The Hall–Kier alpha value is -9.23. The minimum absolute atomic E-state index is 0. The zero-order valence-corrected chi connectivity index (χ0v) is 45.0. The van der Waals surface area contributed by atoms with E-state index in [1.165, 1.54) is 5.46 Å². The van der Waals surface area contributed by atoms with Crippen molar-refractivity contribution in [3.63, 3.8) is 0 Å². The molecule has 3 aromatic heterocycles. The number of ether oxygens (including phenoxy) is 2. The van der Waals surface area contributed by atoms with Gasteiger partial charge in [-0.3, -0.25) is 4.57 Å². The fourth-order valence-electron chi connectivity index (χ4n) is 11.3. The maximum atomic E-state index is 9.11. The Balaban J connectivity index is 0.00000694. The number of nitrogens with zero attached hydrogens (tertiary/aromatic N) is 5. The van der Waals surface area contributed by atoms with Crippen molar-refractivity contribution in [2.45, 2.75) is 26.2 Å². The third kappa shape index (κ3) is 8.00. The van der Waals surface area contributed by atoms with Crippen LogP contribution in [0.4, 0.5) is 17.1 Å². The molecule has 9 heteroatoms. The Kier molecular flexibility index (Phi) is 9.25. The Morgan fingerprint density at radius 1 is 0.608 bits per heavy atom. The van der Waals surface area contributed by atoms with Gasteiger partial charge in [-0.2, -0.15) is 18.2 Å². The standard InChI is InChI=1S/C70H48BN5O2.Pt/c1-70(2,3)48-39-40-72-67(41-48)76-59-38-35-50(75-60-29-12-10-27-57(60)71-58-28-11-15-33-65(58)78-66-34-18-32-63(75)68(66)71)43-56(59)55-37-36-52(44-64(55)76)77-51-24-16-23-49(42-51)73-45-74(62-31-14-13-30-61(62)73)69-53(46-19-6-4-7-20-46)25-17-26-54(69)47-21-8-5-9-22-47;/h4-41,43H,1-3H3;/q-2;/i4D,5D,6D,7D,8D,9D,19D,20D,21D,22D;. The number of hydrogen-bond donors (Lipinski definition) is 0. The predicted octanol–water partition coefficient (Wildman–Crippen LogP) is 14.6. The Morgan fingerprint density at radius 2 is 1.29 bits per heavy atom. The van der Waals surface area contributed by atoms with E-state index < -0.39 is 60.4 Å². The Bertz CT molecular complexity index is 5020. The molecular weight excluding hydrogens is 1150 g/mol. The van der Waals surface area contributed by atoms with Crippen LogP contribution in [0, 0.1) is 18.5 Å². The number of anilines is 3. The van der Waals surface area contributed by atoms with Crippen molar-refractivity contribution in [2.75, 3.05) is 4.90 Å². The summed E-state index contributed by atoms with van der Waals surface area (Å²) in [7, 11) is 0. The fraction of sp³-hybridized carbons (Fsp3) is 0.0571. The van der Waals surface area contributed by atoms with Crippen molar-refractivity contribution in [2.24, 2.45) is 0 Å². The molecule has 0 spiro atoms. The van der Waals surface area contributed by atoms with E-state index >= 15 is 0 Å². The zero-order chi connectivity index (χ0) is 60.8. The molecule has 0 radical (unpaired) electrons. The molecule has 0 saturated carbocycles. The van der Waals surface area contributed by atoms with E-state index in [0.29, 0.717) is 34.0 Å². The second-order valence-electron chi connectivity index (χ2n) is 20.4. The van der Waals surface area contributed by atoms with Gasteiger partial charge in [-0.05, 0) is 115 Å². The maximum Gasteiger partial charge on any atom is 0.268 e. The second kappa shape index (κ2) is 19.0. The number of rotatable bonds is 8. The number of aromatic nitrogens is 4. The van der Waals surface area contributed by atoms with Crippen molar-refractivity contribution in [1.29, 1.82) is 0 Å². The second-order valence-corrected chi connectivity index (χ2v) is 20.4. The van der Waals surface area contributed by atoms with Gasteiger partial charge in [0.15, 0.2) is 0 Å². The third-order valence-corrected chi connectivity index (χ3v) is 14.8. The average molecular weight is 1210 g/mol. The van der Waals surface area contributed by atoms with Crippen molar-refractivity contribution in [3.05, 3.63) is 261 Å². The van der Waals surface area contributed by atoms with Crippen LogP contribution in [-0.2, 0) is 26.5 Å². The molecule has 0 aliphatic carbocycles. The summed E-state index contributed by atoms with van der Waals surface area (Å²) in [6.45, 7) is 6.52. The normalized spacial score (nSPS) is 14.2. The first-order valence-corrected chi connectivity index (χ1v) is 25.7. The molecule has 0 amide bonds. The molecule has 15 rings (SSSR count). The van der Waals surface area contributed by atoms with Crippen LogP contribution in [-0.4, -0.2) is 20.8 Å². The van der Waals surface area contributed by atoms with E-state index in [0.717, 1.165) is 66.9 Å². The van der Waals surface area contributed by atoms with Gasteiger partial charge in [0.05, 0.1) is 30.4 Å². The first-order valence-electron chi connectivity index (χ1n) is 30.7. The molecule has 79 heavy (non-hydrogen) atoms. The predicted molar refractivity (Wildman–Crippen MR) is 315 cm³/mol. The molecule has 2 aliphatic heterocycles. The SMILES string of the molecule is [2H]c1c([2H])c([2H])c(-c2cccc(-c3c([2H])c([2H])c([2H])c([2H])c3[2H])c2-[n+]2[c-]n(-c3[c-]c(Oc4[c-]c5c(cc4)c4cc(N6c7ccccc7B7c8ccccc8Oc8cccc6c87)ccc4n5-c4cc(C(C)(C)C)ccn4)ccc3)c3ccccc32)c([2H])c1[2H].[Pt]. The first-order chi connectivity index (χ1) is 42.5. The van der Waals surface area contributed by atoms with Crippen LogP contribution in [0.1, 0.15) is 40.0 Å². The number of pyridine rings is 1. The largest absolute Gasteiger partial charge is 0.510 e. The summed E-state index contributed by atoms with van der Waals surface area (Å²) in [4.78, 5) is 7.32. The third-order valence-electron chi connectivity index (χ3n) is 14.8. The van der Waals surface area contributed by atoms with Crippen molar-refractivity contribution in [1.82, 2.24) is 14.1 Å². The maximum absolute atomic E-state index is 9.11. The summed E-state index contributed by atoms with van der Waals surface area (Å²) < 4.78 is 107. The van der Waals surface area contributed by atoms with Crippen LogP contribution in [0.2, 0.25) is 0 Å². The van der Waals surface area contributed by atoms with Crippen molar-refractivity contribution >= 4 is 73.0 Å². The summed E-state index contributed by atoms with van der Waals surface area (Å²) in [5.74, 6) is 3.14. The quantitative estimate of drug-likeness (QED) is 0.0864. The monoisotopic (exact) mass is 1210 g/mol. The van der Waals surface area contributed by atoms with Crippen LogP contribution in [0.3, 0.4) is 0 Å². The zero-order valence-electron chi connectivity index (χ0n) is 52.7. The summed E-state index contributed by atoms with van der Waals surface area (Å²) in [6.07, 6.45) is 5.29. The van der Waals surface area contributed by atoms with Gasteiger partial charge in [-0.1, -0.05) is 172 Å². The smallest absolute Gasteiger partial charge is 0.268 e. The molecule has 0 unspecified atom stereocenters. The molecule has 5 heterocycles. The van der Waals surface area contributed by atoms with E-state index in [1.807, 2.05) is 72.9 Å². The molecule has 7 nitrogen and oxygen atoms in total. The van der Waals surface area contributed by atoms with Crippen molar-refractivity contribution in [3.8, 4) is 62.4 Å². The molecule has 0 bridgehead atoms. The van der Waals surface area contributed by atoms with Crippen LogP contribution >= 0.6 is 0 Å². The fourth-order valence-corrected chi connectivity index (χ4v) is 11.3. The van der Waals surface area contributed by atoms with Crippen LogP contribution in [0.25, 0.3) is 72.3 Å². The molecule has 0 saturated heterocycles. The van der Waals surface area contributed by atoms with E-state index in [-0.39, 0.29) is 61.1 Å². The number of benzene rings is 10. The van der Waals surface area contributed by atoms with E-state index in [1.54, 1.807) is 33.4 Å². The van der Waals surface area contributed by atoms with Gasteiger partial charge in [0.2, 0.25) is 0 Å². The van der Waals surface area contributed by atoms with Gasteiger partial charge in [-0.25, -0.2) is 4.98 Å². The van der Waals surface area contributed by atoms with Gasteiger partial charge < -0.3 is 23.5 Å². The summed E-state index contributed by atoms with van der Waals surface area (Å²) in [5, 5.41) is 1.90. The van der Waals surface area contributed by atoms with Crippen LogP contribution in [0.5, 0.6) is 23.0 Å². The van der Waals surface area contributed by atoms with E-state index in [2.05, 4.69) is 128 Å². The van der Waals surface area contributed by atoms with Crippen molar-refractivity contribution < 1.29 is 48.8 Å². The van der Waals surface area contributed by atoms with Crippen LogP contribution in [0.15, 0.2) is 236 Å². The van der Waals surface area contributed by atoms with Gasteiger partial charge in [0.25, 0.3) is 13.0 Å². The Labute approximate surface area is 487 Å². The minimum atomic E-state index is -0.579. The number of hydrogen-bond acceptors (Lipinski definition) is 4. The number of imidazole rings is 1. The number of para-hydroxylation sites is 5. The summed E-state index contributed by atoms with van der Waals surface area (Å²) >= 11 is 0. The molecule has 380 valence electrons. The van der Waals surface area contributed by atoms with E-state index in [9.17, 15) is 0 Å². The van der Waals surface area contributed by atoms with E-state index in [4.69, 9.17) is 28.2 Å². The minimum Gasteiger partial charge on any atom is -0.510 e. The molecule has 0 fully saturated rings. The van der Waals surface area contributed by atoms with Gasteiger partial charge >= 0.3 is 0 Å². The first kappa shape index (κ1) is 38.3. The molecule has 13 aromatic rings. The molecule has 0 atom stereocenters. The van der Waals surface area contributed by atoms with Gasteiger partial charge in [-0.15, -0.1) is 29.7 Å².